The minimum absolute atomic E-state index is 0.00877. The second kappa shape index (κ2) is 7.44. The van der Waals surface area contributed by atoms with Crippen LogP contribution in [-0.2, 0) is 19.0 Å². The molecule has 1 saturated heterocycles. The molecular formula is C16H17NO6. The minimum atomic E-state index is -0.912. The first kappa shape index (κ1) is 16.5. The summed E-state index contributed by atoms with van der Waals surface area (Å²) >= 11 is 0. The van der Waals surface area contributed by atoms with Crippen LogP contribution in [0.4, 0.5) is 4.79 Å². The van der Waals surface area contributed by atoms with Crippen molar-refractivity contribution in [1.29, 1.82) is 0 Å². The standard InChI is InChI=1S/C16H17NO6/c1-3-9-21-16(20)22-10(2)12-13(18)17-14(12)23-15(19)11-7-5-4-6-8-11/h3-8,10,12,14H,1,9H2,2H3,(H,17,18)/t10?,12-,14+/m0/s1. The molecule has 7 heteroatoms. The average molecular weight is 319 g/mol. The monoisotopic (exact) mass is 319 g/mol. The summed E-state index contributed by atoms with van der Waals surface area (Å²) in [4.78, 5) is 35.0. The first-order chi connectivity index (χ1) is 11.0. The molecule has 0 aromatic heterocycles. The fourth-order valence-corrected chi connectivity index (χ4v) is 2.07. The number of hydrogen-bond acceptors (Lipinski definition) is 6. The Morgan fingerprint density at radius 1 is 1.35 bits per heavy atom. The Balaban J connectivity index is 1.91. The van der Waals surface area contributed by atoms with Gasteiger partial charge in [0.2, 0.25) is 5.91 Å². The van der Waals surface area contributed by atoms with E-state index in [0.29, 0.717) is 5.56 Å². The summed E-state index contributed by atoms with van der Waals surface area (Å²) in [5, 5.41) is 2.46. The number of β-lactam (4-membered cyclic amide) rings is 1. The van der Waals surface area contributed by atoms with Crippen LogP contribution in [0.2, 0.25) is 0 Å². The summed E-state index contributed by atoms with van der Waals surface area (Å²) in [6.07, 6.45) is -1.16. The number of ether oxygens (including phenoxy) is 3. The third kappa shape index (κ3) is 4.09. The summed E-state index contributed by atoms with van der Waals surface area (Å²) in [6.45, 7) is 4.94. The smallest absolute Gasteiger partial charge is 0.437 e. The van der Waals surface area contributed by atoms with E-state index in [1.165, 1.54) is 13.0 Å². The van der Waals surface area contributed by atoms with Crippen LogP contribution in [0.5, 0.6) is 0 Å². The van der Waals surface area contributed by atoms with Crippen LogP contribution in [-0.4, -0.2) is 37.0 Å². The number of rotatable bonds is 6. The van der Waals surface area contributed by atoms with Crippen molar-refractivity contribution in [3.63, 3.8) is 0 Å². The molecule has 1 N–H and O–H groups in total. The van der Waals surface area contributed by atoms with E-state index < -0.39 is 30.4 Å². The van der Waals surface area contributed by atoms with Gasteiger partial charge in [0.15, 0.2) is 6.23 Å². The number of nitrogens with one attached hydrogen (secondary N) is 1. The molecule has 23 heavy (non-hydrogen) atoms. The van der Waals surface area contributed by atoms with Gasteiger partial charge in [-0.2, -0.15) is 0 Å². The largest absolute Gasteiger partial charge is 0.508 e. The lowest BCUT2D eigenvalue weighted by Gasteiger charge is -2.38. The van der Waals surface area contributed by atoms with Crippen LogP contribution in [0.1, 0.15) is 17.3 Å². The van der Waals surface area contributed by atoms with Gasteiger partial charge in [0.05, 0.1) is 5.56 Å². The highest BCUT2D eigenvalue weighted by atomic mass is 16.7. The molecule has 7 nitrogen and oxygen atoms in total. The maximum absolute atomic E-state index is 12.0. The Morgan fingerprint density at radius 2 is 2.04 bits per heavy atom. The third-order valence-corrected chi connectivity index (χ3v) is 3.26. The lowest BCUT2D eigenvalue weighted by atomic mass is 9.93. The molecule has 2 rings (SSSR count). The topological polar surface area (TPSA) is 90.9 Å². The summed E-state index contributed by atoms with van der Waals surface area (Å²) in [6, 6.07) is 8.38. The van der Waals surface area contributed by atoms with Crippen molar-refractivity contribution < 1.29 is 28.6 Å². The molecule has 1 aliphatic rings. The molecule has 1 aliphatic heterocycles. The van der Waals surface area contributed by atoms with E-state index in [1.807, 2.05) is 0 Å². The van der Waals surface area contributed by atoms with Gasteiger partial charge in [0.1, 0.15) is 18.6 Å². The van der Waals surface area contributed by atoms with Crippen LogP contribution in [0.25, 0.3) is 0 Å². The predicted molar refractivity (Wildman–Crippen MR) is 79.4 cm³/mol. The Hall–Kier alpha value is -2.83. The second-order valence-corrected chi connectivity index (χ2v) is 4.90. The molecule has 0 radical (unpaired) electrons. The SMILES string of the molecule is C=CCOC(=O)OC(C)[C@H]1C(=O)N[C@@H]1OC(=O)c1ccccc1. The number of esters is 1. The number of hydrogen-bond donors (Lipinski definition) is 1. The van der Waals surface area contributed by atoms with E-state index in [1.54, 1.807) is 30.3 Å². The molecule has 1 aromatic carbocycles. The average Bonchev–Trinajstić information content (AvgIpc) is 2.52. The molecule has 0 saturated carbocycles. The van der Waals surface area contributed by atoms with Gasteiger partial charge >= 0.3 is 12.1 Å². The summed E-state index contributed by atoms with van der Waals surface area (Å²) < 4.78 is 14.9. The number of benzene rings is 1. The van der Waals surface area contributed by atoms with Crippen molar-refractivity contribution in [3.8, 4) is 0 Å². The number of amides is 1. The summed E-state index contributed by atoms with van der Waals surface area (Å²) in [5.74, 6) is -1.71. The van der Waals surface area contributed by atoms with Gasteiger partial charge in [-0.1, -0.05) is 30.9 Å². The number of carbonyl (C=O) groups is 3. The molecule has 0 bridgehead atoms. The van der Waals surface area contributed by atoms with Crippen LogP contribution < -0.4 is 5.32 Å². The third-order valence-electron chi connectivity index (χ3n) is 3.26. The quantitative estimate of drug-likeness (QED) is 0.487. The van der Waals surface area contributed by atoms with Crippen molar-refractivity contribution in [1.82, 2.24) is 5.32 Å². The Morgan fingerprint density at radius 3 is 2.65 bits per heavy atom. The molecule has 1 fully saturated rings. The van der Waals surface area contributed by atoms with Crippen molar-refractivity contribution in [2.45, 2.75) is 19.3 Å². The summed E-state index contributed by atoms with van der Waals surface area (Å²) in [7, 11) is 0. The van der Waals surface area contributed by atoms with Gasteiger partial charge in [-0.15, -0.1) is 0 Å². The van der Waals surface area contributed by atoms with Crippen molar-refractivity contribution in [2.75, 3.05) is 6.61 Å². The highest BCUT2D eigenvalue weighted by Gasteiger charge is 2.47. The predicted octanol–water partition coefficient (Wildman–Crippen LogP) is 1.64. The molecule has 1 unspecified atom stereocenters. The van der Waals surface area contributed by atoms with Crippen molar-refractivity contribution in [3.05, 3.63) is 48.6 Å². The van der Waals surface area contributed by atoms with Crippen LogP contribution in [0, 0.1) is 5.92 Å². The molecule has 1 heterocycles. The molecule has 0 aliphatic carbocycles. The van der Waals surface area contributed by atoms with Crippen molar-refractivity contribution >= 4 is 18.0 Å². The number of carbonyl (C=O) groups excluding carboxylic acids is 3. The lowest BCUT2D eigenvalue weighted by molar-refractivity contribution is -0.156. The molecular weight excluding hydrogens is 302 g/mol. The molecule has 1 amide bonds. The normalized spacial score (nSPS) is 20.5. The van der Waals surface area contributed by atoms with E-state index in [0.717, 1.165) is 0 Å². The van der Waals surface area contributed by atoms with Gasteiger partial charge in [-0.05, 0) is 19.1 Å². The lowest BCUT2D eigenvalue weighted by Crippen LogP contribution is -2.64. The van der Waals surface area contributed by atoms with Crippen LogP contribution >= 0.6 is 0 Å². The molecule has 3 atom stereocenters. The molecule has 1 aromatic rings. The maximum Gasteiger partial charge on any atom is 0.508 e. The second-order valence-electron chi connectivity index (χ2n) is 4.90. The van der Waals surface area contributed by atoms with Crippen LogP contribution in [0.3, 0.4) is 0 Å². The van der Waals surface area contributed by atoms with Crippen LogP contribution in [0.15, 0.2) is 43.0 Å². The zero-order chi connectivity index (χ0) is 16.8. The van der Waals surface area contributed by atoms with Gasteiger partial charge < -0.3 is 19.5 Å². The zero-order valence-corrected chi connectivity index (χ0v) is 12.6. The van der Waals surface area contributed by atoms with E-state index in [2.05, 4.69) is 16.6 Å². The fourth-order valence-electron chi connectivity index (χ4n) is 2.07. The highest BCUT2D eigenvalue weighted by molar-refractivity contribution is 5.92. The fraction of sp³-hybridized carbons (Fsp3) is 0.312. The van der Waals surface area contributed by atoms with Crippen molar-refractivity contribution in [2.24, 2.45) is 5.92 Å². The van der Waals surface area contributed by atoms with E-state index in [9.17, 15) is 14.4 Å². The van der Waals surface area contributed by atoms with Gasteiger partial charge in [0.25, 0.3) is 0 Å². The minimum Gasteiger partial charge on any atom is -0.437 e. The first-order valence-electron chi connectivity index (χ1n) is 7.03. The zero-order valence-electron chi connectivity index (χ0n) is 12.6. The van der Waals surface area contributed by atoms with E-state index in [-0.39, 0.29) is 12.5 Å². The van der Waals surface area contributed by atoms with Gasteiger partial charge in [-0.25, -0.2) is 9.59 Å². The Labute approximate surface area is 133 Å². The van der Waals surface area contributed by atoms with E-state index in [4.69, 9.17) is 9.47 Å². The maximum atomic E-state index is 12.0. The van der Waals surface area contributed by atoms with E-state index >= 15 is 0 Å². The summed E-state index contributed by atoms with van der Waals surface area (Å²) in [5.41, 5.74) is 0.367. The first-order valence-corrected chi connectivity index (χ1v) is 7.03. The highest BCUT2D eigenvalue weighted by Crippen LogP contribution is 2.24. The Bertz CT molecular complexity index is 600. The molecule has 122 valence electrons. The van der Waals surface area contributed by atoms with Gasteiger partial charge in [-0.3, -0.25) is 4.79 Å². The Kier molecular flexibility index (Phi) is 5.35. The van der Waals surface area contributed by atoms with Gasteiger partial charge in [0, 0.05) is 0 Å². The molecule has 0 spiro atoms.